The first-order chi connectivity index (χ1) is 7.68. The van der Waals surface area contributed by atoms with Crippen LogP contribution in [0.15, 0.2) is 0 Å². The molecule has 5 nitrogen and oxygen atoms in total. The number of nitrogens with one attached hydrogen (secondary N) is 1. The van der Waals surface area contributed by atoms with Gasteiger partial charge in [-0.3, -0.25) is 14.9 Å². The Bertz CT molecular complexity index is 237. The highest BCUT2D eigenvalue weighted by Crippen LogP contribution is 2.17. The molecule has 5 heteroatoms. The van der Waals surface area contributed by atoms with Crippen LogP contribution < -0.4 is 5.32 Å². The summed E-state index contributed by atoms with van der Waals surface area (Å²) in [5.74, 6) is 0.105. The van der Waals surface area contributed by atoms with E-state index >= 15 is 0 Å². The van der Waals surface area contributed by atoms with E-state index in [1.165, 1.54) is 12.8 Å². The Balaban J connectivity index is 1.95. The molecule has 0 spiro atoms. The number of hydrogen-bond donors (Lipinski definition) is 1. The Morgan fingerprint density at radius 1 is 1.25 bits per heavy atom. The van der Waals surface area contributed by atoms with E-state index in [4.69, 9.17) is 0 Å². The summed E-state index contributed by atoms with van der Waals surface area (Å²) in [6.45, 7) is 0.0181. The van der Waals surface area contributed by atoms with E-state index in [1.54, 1.807) is 0 Å². The third kappa shape index (κ3) is 5.68. The molecule has 0 aliphatic heterocycles. The number of carbonyl (C=O) groups excluding carboxylic acids is 1. The molecule has 0 radical (unpaired) electrons. The van der Waals surface area contributed by atoms with Crippen LogP contribution in [0.25, 0.3) is 0 Å². The van der Waals surface area contributed by atoms with Crippen molar-refractivity contribution in [2.24, 2.45) is 0 Å². The quantitative estimate of drug-likeness (QED) is 0.411. The maximum Gasteiger partial charge on any atom is 0.220 e. The first-order valence-electron chi connectivity index (χ1n) is 6.09. The molecule has 1 N–H and O–H groups in total. The van der Waals surface area contributed by atoms with Crippen molar-refractivity contribution in [2.45, 2.75) is 57.4 Å². The topological polar surface area (TPSA) is 72.2 Å². The second-order valence-electron chi connectivity index (χ2n) is 4.42. The standard InChI is InChI=1S/C11H20N2O3/c14-11(12-10-6-3-4-7-10)8-2-1-5-9-13(15)16/h10H,1-9H2,(H,12,14). The van der Waals surface area contributed by atoms with Crippen molar-refractivity contribution in [1.29, 1.82) is 0 Å². The Labute approximate surface area is 95.7 Å². The highest BCUT2D eigenvalue weighted by molar-refractivity contribution is 5.76. The molecule has 16 heavy (non-hydrogen) atoms. The van der Waals surface area contributed by atoms with E-state index in [2.05, 4.69) is 5.32 Å². The summed E-state index contributed by atoms with van der Waals surface area (Å²) < 4.78 is 0. The summed E-state index contributed by atoms with van der Waals surface area (Å²) in [5, 5.41) is 13.1. The van der Waals surface area contributed by atoms with Gasteiger partial charge in [0.05, 0.1) is 0 Å². The maximum atomic E-state index is 11.5. The van der Waals surface area contributed by atoms with Crippen molar-refractivity contribution in [3.05, 3.63) is 10.1 Å². The van der Waals surface area contributed by atoms with Crippen LogP contribution in [0.5, 0.6) is 0 Å². The van der Waals surface area contributed by atoms with Crippen LogP contribution in [0.4, 0.5) is 0 Å². The van der Waals surface area contributed by atoms with Gasteiger partial charge in [-0.25, -0.2) is 0 Å². The van der Waals surface area contributed by atoms with Crippen LogP contribution in [-0.4, -0.2) is 23.4 Å². The lowest BCUT2D eigenvalue weighted by molar-refractivity contribution is -0.480. The van der Waals surface area contributed by atoms with Crippen molar-refractivity contribution >= 4 is 5.91 Å². The molecule has 1 aliphatic carbocycles. The predicted molar refractivity (Wildman–Crippen MR) is 60.7 cm³/mol. The maximum absolute atomic E-state index is 11.5. The molecule has 92 valence electrons. The average Bonchev–Trinajstić information content (AvgIpc) is 2.69. The lowest BCUT2D eigenvalue weighted by Gasteiger charge is -2.11. The Morgan fingerprint density at radius 3 is 2.56 bits per heavy atom. The third-order valence-corrected chi connectivity index (χ3v) is 2.96. The van der Waals surface area contributed by atoms with Crippen LogP contribution in [0.3, 0.4) is 0 Å². The lowest BCUT2D eigenvalue weighted by atomic mass is 10.1. The number of nitrogens with zero attached hydrogens (tertiary/aromatic N) is 1. The minimum absolute atomic E-state index is 0.0181. The van der Waals surface area contributed by atoms with E-state index in [-0.39, 0.29) is 17.4 Å². The van der Waals surface area contributed by atoms with Crippen molar-refractivity contribution in [3.63, 3.8) is 0 Å². The SMILES string of the molecule is O=C(CCCCC[N+](=O)[O-])NC1CCCC1. The average molecular weight is 228 g/mol. The predicted octanol–water partition coefficient (Wildman–Crippen LogP) is 1.88. The minimum Gasteiger partial charge on any atom is -0.353 e. The van der Waals surface area contributed by atoms with Gasteiger partial charge in [0, 0.05) is 23.8 Å². The molecule has 0 aromatic heterocycles. The van der Waals surface area contributed by atoms with Crippen LogP contribution in [0.1, 0.15) is 51.4 Å². The molecule has 1 saturated carbocycles. The van der Waals surface area contributed by atoms with Crippen LogP contribution >= 0.6 is 0 Å². The zero-order valence-corrected chi connectivity index (χ0v) is 9.61. The number of nitro groups is 1. The molecule has 0 atom stereocenters. The molecular formula is C11H20N2O3. The van der Waals surface area contributed by atoms with Gasteiger partial charge in [0.2, 0.25) is 12.5 Å². The normalized spacial score (nSPS) is 16.2. The third-order valence-electron chi connectivity index (χ3n) is 2.96. The van der Waals surface area contributed by atoms with Crippen molar-refractivity contribution in [1.82, 2.24) is 5.32 Å². The first kappa shape index (κ1) is 12.9. The smallest absolute Gasteiger partial charge is 0.220 e. The van der Waals surface area contributed by atoms with Gasteiger partial charge >= 0.3 is 0 Å². The summed E-state index contributed by atoms with van der Waals surface area (Å²) >= 11 is 0. The highest BCUT2D eigenvalue weighted by Gasteiger charge is 2.16. The fourth-order valence-corrected chi connectivity index (χ4v) is 2.07. The van der Waals surface area contributed by atoms with Crippen molar-refractivity contribution < 1.29 is 9.72 Å². The van der Waals surface area contributed by atoms with Gasteiger partial charge in [-0.05, 0) is 25.7 Å². The van der Waals surface area contributed by atoms with Gasteiger partial charge in [-0.15, -0.1) is 0 Å². The Hall–Kier alpha value is -1.13. The fourth-order valence-electron chi connectivity index (χ4n) is 2.07. The van der Waals surface area contributed by atoms with Crippen molar-refractivity contribution in [3.8, 4) is 0 Å². The van der Waals surface area contributed by atoms with Gasteiger partial charge in [0.25, 0.3) is 0 Å². The number of rotatable bonds is 7. The summed E-state index contributed by atoms with van der Waals surface area (Å²) in [5.41, 5.74) is 0. The Kier molecular flexibility index (Phi) is 5.82. The molecule has 1 amide bonds. The van der Waals surface area contributed by atoms with Crippen LogP contribution in [0, 0.1) is 10.1 Å². The zero-order valence-electron chi connectivity index (χ0n) is 9.61. The largest absolute Gasteiger partial charge is 0.353 e. The number of unbranched alkanes of at least 4 members (excludes halogenated alkanes) is 2. The van der Waals surface area contributed by atoms with Crippen LogP contribution in [-0.2, 0) is 4.79 Å². The van der Waals surface area contributed by atoms with E-state index in [0.29, 0.717) is 18.9 Å². The van der Waals surface area contributed by atoms with Gasteiger partial charge in [-0.2, -0.15) is 0 Å². The van der Waals surface area contributed by atoms with Gasteiger partial charge < -0.3 is 5.32 Å². The van der Waals surface area contributed by atoms with Gasteiger partial charge in [0.15, 0.2) is 0 Å². The number of amides is 1. The van der Waals surface area contributed by atoms with E-state index in [9.17, 15) is 14.9 Å². The second kappa shape index (κ2) is 7.19. The van der Waals surface area contributed by atoms with E-state index < -0.39 is 0 Å². The molecule has 1 rings (SSSR count). The molecule has 1 fully saturated rings. The summed E-state index contributed by atoms with van der Waals surface area (Å²) in [6, 6.07) is 0.381. The molecule has 0 heterocycles. The van der Waals surface area contributed by atoms with E-state index in [0.717, 1.165) is 25.7 Å². The molecule has 0 aromatic carbocycles. The van der Waals surface area contributed by atoms with Crippen molar-refractivity contribution in [2.75, 3.05) is 6.54 Å². The second-order valence-corrected chi connectivity index (χ2v) is 4.42. The number of carbonyl (C=O) groups is 1. The summed E-state index contributed by atoms with van der Waals surface area (Å²) in [4.78, 5) is 21.2. The fraction of sp³-hybridized carbons (Fsp3) is 0.909. The van der Waals surface area contributed by atoms with Gasteiger partial charge in [0.1, 0.15) is 0 Å². The Morgan fingerprint density at radius 2 is 1.94 bits per heavy atom. The summed E-state index contributed by atoms with van der Waals surface area (Å²) in [7, 11) is 0. The zero-order chi connectivity index (χ0) is 11.8. The van der Waals surface area contributed by atoms with Gasteiger partial charge in [-0.1, -0.05) is 12.8 Å². The molecule has 0 bridgehead atoms. The first-order valence-corrected chi connectivity index (χ1v) is 6.09. The van der Waals surface area contributed by atoms with Crippen LogP contribution in [0.2, 0.25) is 0 Å². The number of hydrogen-bond acceptors (Lipinski definition) is 3. The highest BCUT2D eigenvalue weighted by atomic mass is 16.6. The van der Waals surface area contributed by atoms with E-state index in [1.807, 2.05) is 0 Å². The molecular weight excluding hydrogens is 208 g/mol. The molecule has 0 saturated heterocycles. The molecule has 1 aliphatic rings. The molecule has 0 unspecified atom stereocenters. The monoisotopic (exact) mass is 228 g/mol. The summed E-state index contributed by atoms with van der Waals surface area (Å²) in [6.07, 6.45) is 7.24. The molecule has 0 aromatic rings. The minimum atomic E-state index is -0.307. The lowest BCUT2D eigenvalue weighted by Crippen LogP contribution is -2.32.